The van der Waals surface area contributed by atoms with Crippen LogP contribution in [0, 0.1) is 0 Å². The Hall–Kier alpha value is -2.60. The molecular formula is C19H25N4O8PS. The van der Waals surface area contributed by atoms with Gasteiger partial charge in [-0.25, -0.2) is 19.7 Å². The Kier molecular flexibility index (Phi) is 7.37. The van der Waals surface area contributed by atoms with Crippen LogP contribution in [0.4, 0.5) is 4.79 Å². The molecule has 4 amide bonds. The maximum absolute atomic E-state index is 13.3. The number of hydrogen-bond donors (Lipinski definition) is 4. The number of urea groups is 1. The molecule has 4 N–H and O–H groups in total. The highest BCUT2D eigenvalue weighted by Gasteiger charge is 2.64. The minimum Gasteiger partial charge on any atom is -0.480 e. The van der Waals surface area contributed by atoms with Crippen molar-refractivity contribution in [2.45, 2.75) is 49.0 Å². The number of carboxylic acid groups (broad SMARTS) is 1. The summed E-state index contributed by atoms with van der Waals surface area (Å²) >= 11 is 1.25. The molecule has 2 unspecified atom stereocenters. The zero-order valence-electron chi connectivity index (χ0n) is 18.0. The number of β-lactam (4-membered cyclic amide) rings is 1. The standard InChI is InChI=1S/C19H25N4O8PS/c1-4-31-32(30)23(18(28)21-29)12(10-8-6-5-7-9-10)14(24)20-11-15(25)22-13(17(26)27)19(2,3)33-16(11)22/h5-9,11-13,16,29,32H,4H2,1-3H3,(H,20,24)(H,21,28)(H,26,27)/t11-,12?,13+,16-/m1/s1. The lowest BCUT2D eigenvalue weighted by Crippen LogP contribution is -2.71. The summed E-state index contributed by atoms with van der Waals surface area (Å²) in [5.41, 5.74) is 1.64. The van der Waals surface area contributed by atoms with E-state index in [1.807, 2.05) is 0 Å². The molecule has 0 aromatic heterocycles. The van der Waals surface area contributed by atoms with Crippen molar-refractivity contribution in [2.75, 3.05) is 6.61 Å². The predicted molar refractivity (Wildman–Crippen MR) is 118 cm³/mol. The molecule has 5 atom stereocenters. The van der Waals surface area contributed by atoms with Crippen molar-refractivity contribution in [1.29, 1.82) is 0 Å². The van der Waals surface area contributed by atoms with E-state index in [0.29, 0.717) is 4.67 Å². The maximum Gasteiger partial charge on any atom is 0.349 e. The molecule has 1 aromatic carbocycles. The van der Waals surface area contributed by atoms with E-state index in [9.17, 15) is 34.1 Å². The van der Waals surface area contributed by atoms with Crippen LogP contribution in [-0.4, -0.2) is 72.5 Å². The first-order valence-corrected chi connectivity index (χ1v) is 12.2. The van der Waals surface area contributed by atoms with Gasteiger partial charge in [0, 0.05) is 4.75 Å². The second-order valence-electron chi connectivity index (χ2n) is 7.88. The monoisotopic (exact) mass is 500 g/mol. The van der Waals surface area contributed by atoms with Gasteiger partial charge in [-0.05, 0) is 26.3 Å². The smallest absolute Gasteiger partial charge is 0.349 e. The van der Waals surface area contributed by atoms with Gasteiger partial charge in [0.25, 0.3) is 8.18 Å². The van der Waals surface area contributed by atoms with Gasteiger partial charge in [-0.1, -0.05) is 30.3 Å². The van der Waals surface area contributed by atoms with Crippen molar-refractivity contribution in [3.05, 3.63) is 35.9 Å². The average molecular weight is 500 g/mol. The second-order valence-corrected chi connectivity index (χ2v) is 11.0. The van der Waals surface area contributed by atoms with E-state index in [4.69, 9.17) is 4.52 Å². The van der Waals surface area contributed by atoms with Crippen LogP contribution in [-0.2, 0) is 23.5 Å². The fourth-order valence-electron chi connectivity index (χ4n) is 3.98. The first kappa shape index (κ1) is 25.0. The number of aliphatic carboxylic acids is 1. The average Bonchev–Trinajstić information content (AvgIpc) is 3.03. The summed E-state index contributed by atoms with van der Waals surface area (Å²) in [5.74, 6) is -2.55. The minimum atomic E-state index is -3.30. The molecular weight excluding hydrogens is 475 g/mol. The van der Waals surface area contributed by atoms with Gasteiger partial charge in [0.1, 0.15) is 23.5 Å². The minimum absolute atomic E-state index is 0.0173. The summed E-state index contributed by atoms with van der Waals surface area (Å²) in [6.07, 6.45) is 0. The second kappa shape index (κ2) is 9.72. The molecule has 0 radical (unpaired) electrons. The number of nitrogens with zero attached hydrogens (tertiary/aromatic N) is 2. The fraction of sp³-hybridized carbons (Fsp3) is 0.474. The molecule has 2 aliphatic heterocycles. The van der Waals surface area contributed by atoms with Crippen molar-refractivity contribution >= 4 is 43.8 Å². The van der Waals surface area contributed by atoms with Crippen molar-refractivity contribution in [3.8, 4) is 0 Å². The number of amides is 4. The summed E-state index contributed by atoms with van der Waals surface area (Å²) in [6.45, 7) is 4.94. The molecule has 1 aromatic rings. The number of carboxylic acids is 1. The third kappa shape index (κ3) is 4.58. The lowest BCUT2D eigenvalue weighted by molar-refractivity contribution is -0.161. The van der Waals surface area contributed by atoms with Crippen LogP contribution in [0.5, 0.6) is 0 Å². The Labute approximate surface area is 194 Å². The highest BCUT2D eigenvalue weighted by molar-refractivity contribution is 8.01. The molecule has 3 rings (SSSR count). The van der Waals surface area contributed by atoms with Crippen LogP contribution >= 0.6 is 19.9 Å². The summed E-state index contributed by atoms with van der Waals surface area (Å²) in [4.78, 5) is 51.4. The third-order valence-electron chi connectivity index (χ3n) is 5.37. The highest BCUT2D eigenvalue weighted by atomic mass is 32.2. The van der Waals surface area contributed by atoms with Gasteiger partial charge in [-0.3, -0.25) is 19.4 Å². The molecule has 0 saturated carbocycles. The molecule has 2 saturated heterocycles. The SMILES string of the molecule is CCO[PH](=O)N(C(=O)NO)C(C(=O)N[C@@H]1C(=O)N2[C@@H]1SC(C)(C)[C@@H]2C(=O)O)c1ccccc1. The predicted octanol–water partition coefficient (Wildman–Crippen LogP) is 1.19. The van der Waals surface area contributed by atoms with E-state index < -0.39 is 60.2 Å². The quantitative estimate of drug-likeness (QED) is 0.177. The van der Waals surface area contributed by atoms with Crippen molar-refractivity contribution < 1.29 is 38.6 Å². The van der Waals surface area contributed by atoms with Crippen LogP contribution in [0.2, 0.25) is 0 Å². The van der Waals surface area contributed by atoms with Crippen LogP contribution in [0.1, 0.15) is 32.4 Å². The third-order valence-corrected chi connectivity index (χ3v) is 8.34. The Morgan fingerprint density at radius 3 is 2.48 bits per heavy atom. The number of thioether (sulfide) groups is 1. The van der Waals surface area contributed by atoms with Gasteiger partial charge in [0.2, 0.25) is 11.8 Å². The first-order chi connectivity index (χ1) is 15.5. The fourth-order valence-corrected chi connectivity index (χ4v) is 6.69. The van der Waals surface area contributed by atoms with Gasteiger partial charge in [-0.2, -0.15) is 0 Å². The summed E-state index contributed by atoms with van der Waals surface area (Å²) in [6, 6.07) is 3.12. The molecule has 2 aliphatic rings. The van der Waals surface area contributed by atoms with Crippen molar-refractivity contribution in [1.82, 2.24) is 20.4 Å². The van der Waals surface area contributed by atoms with Gasteiger partial charge >= 0.3 is 12.0 Å². The van der Waals surface area contributed by atoms with E-state index in [1.54, 1.807) is 39.0 Å². The van der Waals surface area contributed by atoms with Crippen LogP contribution in [0.3, 0.4) is 0 Å². The zero-order valence-corrected chi connectivity index (χ0v) is 19.9. The van der Waals surface area contributed by atoms with E-state index in [1.165, 1.54) is 34.3 Å². The van der Waals surface area contributed by atoms with Crippen LogP contribution in [0.25, 0.3) is 0 Å². The van der Waals surface area contributed by atoms with E-state index in [2.05, 4.69) is 5.32 Å². The van der Waals surface area contributed by atoms with E-state index >= 15 is 0 Å². The Balaban J connectivity index is 1.91. The topological polar surface area (TPSA) is 166 Å². The molecule has 14 heteroatoms. The summed E-state index contributed by atoms with van der Waals surface area (Å²) in [5, 5.41) is 20.7. The number of benzene rings is 1. The normalized spacial score (nSPS) is 24.8. The van der Waals surface area contributed by atoms with Gasteiger partial charge in [0.05, 0.1) is 6.61 Å². The molecule has 12 nitrogen and oxygen atoms in total. The lowest BCUT2D eigenvalue weighted by Gasteiger charge is -2.44. The van der Waals surface area contributed by atoms with Crippen molar-refractivity contribution in [3.63, 3.8) is 0 Å². The Morgan fingerprint density at radius 2 is 1.94 bits per heavy atom. The van der Waals surface area contributed by atoms with Gasteiger partial charge in [-0.15, -0.1) is 11.8 Å². The molecule has 2 heterocycles. The van der Waals surface area contributed by atoms with Crippen molar-refractivity contribution in [2.24, 2.45) is 0 Å². The molecule has 33 heavy (non-hydrogen) atoms. The van der Waals surface area contributed by atoms with E-state index in [0.717, 1.165) is 0 Å². The molecule has 0 spiro atoms. The Bertz CT molecular complexity index is 978. The lowest BCUT2D eigenvalue weighted by atomic mass is 9.95. The Morgan fingerprint density at radius 1 is 1.30 bits per heavy atom. The number of carbonyl (C=O) groups is 4. The zero-order chi connectivity index (χ0) is 24.5. The first-order valence-electron chi connectivity index (χ1n) is 10.0. The number of hydroxylamine groups is 1. The number of hydrogen-bond acceptors (Lipinski definition) is 8. The largest absolute Gasteiger partial charge is 0.480 e. The number of carbonyl (C=O) groups excluding carboxylic acids is 3. The maximum atomic E-state index is 13.3. The highest BCUT2D eigenvalue weighted by Crippen LogP contribution is 2.51. The molecule has 0 aliphatic carbocycles. The molecule has 180 valence electrons. The molecule has 0 bridgehead atoms. The van der Waals surface area contributed by atoms with Gasteiger partial charge in [0.15, 0.2) is 0 Å². The summed E-state index contributed by atoms with van der Waals surface area (Å²) in [7, 11) is -3.30. The number of fused-ring (bicyclic) bond motifs is 1. The van der Waals surface area contributed by atoms with Crippen LogP contribution < -0.4 is 10.8 Å². The number of nitrogens with one attached hydrogen (secondary N) is 2. The van der Waals surface area contributed by atoms with Gasteiger partial charge < -0.3 is 19.8 Å². The summed E-state index contributed by atoms with van der Waals surface area (Å²) < 4.78 is 17.5. The number of rotatable bonds is 8. The van der Waals surface area contributed by atoms with E-state index in [-0.39, 0.29) is 12.2 Å². The molecule has 2 fully saturated rings. The van der Waals surface area contributed by atoms with Crippen LogP contribution in [0.15, 0.2) is 30.3 Å².